The fourth-order valence-corrected chi connectivity index (χ4v) is 1.34. The summed E-state index contributed by atoms with van der Waals surface area (Å²) in [6, 6.07) is 4.92. The molecule has 1 atom stereocenters. The Balaban J connectivity index is 0.00000169. The second kappa shape index (κ2) is 6.09. The number of aliphatic hydroxyl groups excluding tert-OH is 1. The number of benzene rings is 1. The van der Waals surface area contributed by atoms with Crippen LogP contribution in [0.5, 0.6) is 0 Å². The molecule has 1 aromatic carbocycles. The molecule has 1 rings (SSSR count). The van der Waals surface area contributed by atoms with E-state index in [0.717, 1.165) is 5.56 Å². The number of nitrogens with two attached hydrogens (primary N) is 2. The molecule has 5 N–H and O–H groups in total. The van der Waals surface area contributed by atoms with Crippen LogP contribution in [0.3, 0.4) is 0 Å². The van der Waals surface area contributed by atoms with Crippen LogP contribution in [0, 0.1) is 0 Å². The highest BCUT2D eigenvalue weighted by Crippen LogP contribution is 2.24. The van der Waals surface area contributed by atoms with E-state index in [2.05, 4.69) is 0 Å². The second-order valence-corrected chi connectivity index (χ2v) is 3.33. The van der Waals surface area contributed by atoms with Gasteiger partial charge in [0.05, 0.1) is 0 Å². The predicted molar refractivity (Wildman–Crippen MR) is 61.7 cm³/mol. The van der Waals surface area contributed by atoms with Gasteiger partial charge in [0.15, 0.2) is 0 Å². The molecule has 0 aliphatic carbocycles. The maximum atomic E-state index is 8.70. The summed E-state index contributed by atoms with van der Waals surface area (Å²) in [5, 5.41) is 9.31. The van der Waals surface area contributed by atoms with Gasteiger partial charge in [0, 0.05) is 23.4 Å². The largest absolute Gasteiger partial charge is 0.398 e. The van der Waals surface area contributed by atoms with Gasteiger partial charge in [-0.05, 0) is 30.2 Å². The van der Waals surface area contributed by atoms with Crippen molar-refractivity contribution in [1.29, 1.82) is 0 Å². The molecule has 5 heteroatoms. The maximum absolute atomic E-state index is 8.70. The second-order valence-electron chi connectivity index (χ2n) is 2.89. The van der Waals surface area contributed by atoms with Crippen LogP contribution in [-0.4, -0.2) is 11.7 Å². The molecule has 0 saturated heterocycles. The standard InChI is InChI=1S/C9H13ClN2O.ClH/c10-6-1-2-8(11)7(5-6)9(12)3-4-13;/h1-2,5,9,13H,3-4,11-12H2;1H/t9-;/m0./s1. The molecule has 1 aromatic rings. The van der Waals surface area contributed by atoms with Crippen molar-refractivity contribution in [3.05, 3.63) is 28.8 Å². The van der Waals surface area contributed by atoms with Crippen LogP contribution in [0.2, 0.25) is 5.02 Å². The Labute approximate surface area is 94.5 Å². The number of nitrogen functional groups attached to an aromatic ring is 1. The van der Waals surface area contributed by atoms with Crippen LogP contribution in [0.4, 0.5) is 5.69 Å². The molecule has 0 unspecified atom stereocenters. The van der Waals surface area contributed by atoms with Crippen LogP contribution < -0.4 is 11.5 Å². The maximum Gasteiger partial charge on any atom is 0.0449 e. The zero-order chi connectivity index (χ0) is 9.84. The lowest BCUT2D eigenvalue weighted by molar-refractivity contribution is 0.276. The fraction of sp³-hybridized carbons (Fsp3) is 0.333. The first-order valence-corrected chi connectivity index (χ1v) is 4.44. The Morgan fingerprint density at radius 2 is 2.07 bits per heavy atom. The Bertz CT molecular complexity index is 294. The van der Waals surface area contributed by atoms with E-state index in [0.29, 0.717) is 17.1 Å². The van der Waals surface area contributed by atoms with Gasteiger partial charge in [-0.2, -0.15) is 0 Å². The van der Waals surface area contributed by atoms with E-state index < -0.39 is 0 Å². The third kappa shape index (κ3) is 3.35. The first kappa shape index (κ1) is 13.5. The lowest BCUT2D eigenvalue weighted by Gasteiger charge is -2.13. The van der Waals surface area contributed by atoms with Crippen molar-refractivity contribution in [1.82, 2.24) is 0 Å². The number of rotatable bonds is 3. The van der Waals surface area contributed by atoms with Crippen LogP contribution in [0.15, 0.2) is 18.2 Å². The lowest BCUT2D eigenvalue weighted by atomic mass is 10.0. The van der Waals surface area contributed by atoms with Crippen molar-refractivity contribution in [2.24, 2.45) is 5.73 Å². The van der Waals surface area contributed by atoms with Crippen molar-refractivity contribution in [2.45, 2.75) is 12.5 Å². The minimum absolute atomic E-state index is 0. The minimum Gasteiger partial charge on any atom is -0.398 e. The monoisotopic (exact) mass is 236 g/mol. The van der Waals surface area contributed by atoms with E-state index in [1.54, 1.807) is 18.2 Å². The van der Waals surface area contributed by atoms with Crippen LogP contribution in [0.25, 0.3) is 0 Å². The molecule has 0 fully saturated rings. The Morgan fingerprint density at radius 1 is 1.43 bits per heavy atom. The Kier molecular flexibility index (Phi) is 5.88. The number of halogens is 2. The summed E-state index contributed by atoms with van der Waals surface area (Å²) in [7, 11) is 0. The van der Waals surface area contributed by atoms with Crippen molar-refractivity contribution < 1.29 is 5.11 Å². The molecule has 80 valence electrons. The molecule has 0 radical (unpaired) electrons. The molecule has 14 heavy (non-hydrogen) atoms. The van der Waals surface area contributed by atoms with Gasteiger partial charge in [0.2, 0.25) is 0 Å². The normalized spacial score (nSPS) is 11.9. The van der Waals surface area contributed by atoms with E-state index >= 15 is 0 Å². The summed E-state index contributed by atoms with van der Waals surface area (Å²) in [4.78, 5) is 0. The first-order valence-electron chi connectivity index (χ1n) is 4.06. The summed E-state index contributed by atoms with van der Waals surface area (Å²) < 4.78 is 0. The zero-order valence-electron chi connectivity index (χ0n) is 7.61. The van der Waals surface area contributed by atoms with Gasteiger partial charge < -0.3 is 16.6 Å². The molecule has 0 bridgehead atoms. The fourth-order valence-electron chi connectivity index (χ4n) is 1.16. The smallest absolute Gasteiger partial charge is 0.0449 e. The molecule has 0 amide bonds. The SMILES string of the molecule is Cl.Nc1ccc(Cl)cc1[C@@H](N)CCO. The van der Waals surface area contributed by atoms with Gasteiger partial charge in [0.25, 0.3) is 0 Å². The van der Waals surface area contributed by atoms with Gasteiger partial charge in [-0.1, -0.05) is 11.6 Å². The summed E-state index contributed by atoms with van der Waals surface area (Å²) in [6.45, 7) is 0.0487. The summed E-state index contributed by atoms with van der Waals surface area (Å²) >= 11 is 5.79. The highest BCUT2D eigenvalue weighted by molar-refractivity contribution is 6.30. The third-order valence-corrected chi connectivity index (χ3v) is 2.12. The highest BCUT2D eigenvalue weighted by atomic mass is 35.5. The average Bonchev–Trinajstić information content (AvgIpc) is 2.09. The van der Waals surface area contributed by atoms with Crippen molar-refractivity contribution >= 4 is 29.7 Å². The van der Waals surface area contributed by atoms with Gasteiger partial charge in [-0.3, -0.25) is 0 Å². The molecular weight excluding hydrogens is 223 g/mol. The van der Waals surface area contributed by atoms with Gasteiger partial charge in [-0.15, -0.1) is 12.4 Å². The minimum atomic E-state index is -0.247. The Morgan fingerprint density at radius 3 is 2.64 bits per heavy atom. The van der Waals surface area contributed by atoms with Crippen LogP contribution in [0.1, 0.15) is 18.0 Å². The van der Waals surface area contributed by atoms with Gasteiger partial charge >= 0.3 is 0 Å². The van der Waals surface area contributed by atoms with Crippen LogP contribution in [-0.2, 0) is 0 Å². The quantitative estimate of drug-likeness (QED) is 0.701. The topological polar surface area (TPSA) is 72.3 Å². The zero-order valence-corrected chi connectivity index (χ0v) is 9.18. The first-order chi connectivity index (χ1) is 6.15. The van der Waals surface area contributed by atoms with E-state index in [-0.39, 0.29) is 25.1 Å². The number of hydrogen-bond donors (Lipinski definition) is 3. The van der Waals surface area contributed by atoms with Crippen molar-refractivity contribution in [3.8, 4) is 0 Å². The molecule has 3 nitrogen and oxygen atoms in total. The molecular formula is C9H14Cl2N2O. The third-order valence-electron chi connectivity index (χ3n) is 1.89. The average molecular weight is 237 g/mol. The number of hydrogen-bond acceptors (Lipinski definition) is 3. The van der Waals surface area contributed by atoms with Crippen LogP contribution >= 0.6 is 24.0 Å². The predicted octanol–water partition coefficient (Wildman–Crippen LogP) is 1.73. The summed E-state index contributed by atoms with van der Waals surface area (Å²) in [5.41, 5.74) is 12.9. The van der Waals surface area contributed by atoms with Gasteiger partial charge in [-0.25, -0.2) is 0 Å². The van der Waals surface area contributed by atoms with Crippen molar-refractivity contribution in [2.75, 3.05) is 12.3 Å². The lowest BCUT2D eigenvalue weighted by Crippen LogP contribution is -2.13. The van der Waals surface area contributed by atoms with E-state index in [1.165, 1.54) is 0 Å². The number of anilines is 1. The van der Waals surface area contributed by atoms with Gasteiger partial charge in [0.1, 0.15) is 0 Å². The molecule has 0 heterocycles. The summed E-state index contributed by atoms with van der Waals surface area (Å²) in [6.07, 6.45) is 0.491. The van der Waals surface area contributed by atoms with E-state index in [1.807, 2.05) is 0 Å². The van der Waals surface area contributed by atoms with E-state index in [9.17, 15) is 0 Å². The molecule has 0 aliphatic heterocycles. The Hall–Kier alpha value is -0.480. The molecule has 0 aliphatic rings. The summed E-state index contributed by atoms with van der Waals surface area (Å²) in [5.74, 6) is 0. The molecule has 0 saturated carbocycles. The molecule has 0 aromatic heterocycles. The van der Waals surface area contributed by atoms with Crippen molar-refractivity contribution in [3.63, 3.8) is 0 Å². The van der Waals surface area contributed by atoms with E-state index in [4.69, 9.17) is 28.2 Å². The highest BCUT2D eigenvalue weighted by Gasteiger charge is 2.08. The number of aliphatic hydroxyl groups is 1. The molecule has 0 spiro atoms.